The van der Waals surface area contributed by atoms with Gasteiger partial charge in [0.1, 0.15) is 18.1 Å². The molecule has 3 aromatic rings. The van der Waals surface area contributed by atoms with Crippen molar-refractivity contribution in [1.29, 1.82) is 0 Å². The number of ketones is 1. The summed E-state index contributed by atoms with van der Waals surface area (Å²) in [6.07, 6.45) is -4.75. The third kappa shape index (κ3) is 3.24. The van der Waals surface area contributed by atoms with E-state index in [1.165, 1.54) is 32.2 Å². The number of rotatable bonds is 4. The molecule has 2 aromatic heterocycles. The van der Waals surface area contributed by atoms with Crippen LogP contribution in [0.2, 0.25) is 0 Å². The van der Waals surface area contributed by atoms with Gasteiger partial charge in [-0.15, -0.1) is 0 Å². The van der Waals surface area contributed by atoms with Crippen LogP contribution in [0.15, 0.2) is 30.3 Å². The number of halogens is 4. The largest absolute Gasteiger partial charge is 0.470 e. The third-order valence-corrected chi connectivity index (χ3v) is 3.63. The lowest BCUT2D eigenvalue weighted by atomic mass is 10.0. The Morgan fingerprint density at radius 1 is 1.27 bits per heavy atom. The topological polar surface area (TPSA) is 57.0 Å². The predicted octanol–water partition coefficient (Wildman–Crippen LogP) is 3.76. The van der Waals surface area contributed by atoms with E-state index in [2.05, 4.69) is 10.1 Å². The highest BCUT2D eigenvalue weighted by molar-refractivity contribution is 5.94. The average Bonchev–Trinajstić information content (AvgIpc) is 2.88. The molecule has 0 aliphatic rings. The Kier molecular flexibility index (Phi) is 4.39. The van der Waals surface area contributed by atoms with E-state index in [1.807, 2.05) is 0 Å². The lowest BCUT2D eigenvalue weighted by Gasteiger charge is -2.12. The smallest absolute Gasteiger partial charge is 0.417 e. The summed E-state index contributed by atoms with van der Waals surface area (Å²) in [4.78, 5) is 15.0. The van der Waals surface area contributed by atoms with Crippen LogP contribution in [-0.2, 0) is 18.0 Å². The van der Waals surface area contributed by atoms with Crippen molar-refractivity contribution in [1.82, 2.24) is 14.8 Å². The molecule has 136 valence electrons. The number of pyridine rings is 1. The fraction of sp³-hybridized carbons (Fsp3) is 0.235. The molecule has 0 saturated heterocycles. The van der Waals surface area contributed by atoms with Gasteiger partial charge in [0, 0.05) is 18.7 Å². The van der Waals surface area contributed by atoms with Gasteiger partial charge in [-0.2, -0.15) is 23.3 Å². The number of aryl methyl sites for hydroxylation is 1. The molecule has 0 spiro atoms. The van der Waals surface area contributed by atoms with E-state index in [0.717, 1.165) is 10.7 Å². The van der Waals surface area contributed by atoms with Gasteiger partial charge in [-0.1, -0.05) is 12.1 Å². The zero-order valence-corrected chi connectivity index (χ0v) is 13.8. The molecule has 0 bridgehead atoms. The maximum atomic E-state index is 14.1. The van der Waals surface area contributed by atoms with Crippen molar-refractivity contribution in [3.05, 3.63) is 41.7 Å². The molecule has 0 fully saturated rings. The first kappa shape index (κ1) is 17.8. The summed E-state index contributed by atoms with van der Waals surface area (Å²) in [5.41, 5.74) is -1.43. The lowest BCUT2D eigenvalue weighted by molar-refractivity contribution is -0.136. The van der Waals surface area contributed by atoms with E-state index in [0.29, 0.717) is 6.07 Å². The Labute approximate surface area is 145 Å². The fourth-order valence-electron chi connectivity index (χ4n) is 2.54. The maximum Gasteiger partial charge on any atom is 0.417 e. The normalized spacial score (nSPS) is 11.8. The average molecular weight is 367 g/mol. The summed E-state index contributed by atoms with van der Waals surface area (Å²) < 4.78 is 61.1. The number of hydrogen-bond donors (Lipinski definition) is 0. The monoisotopic (exact) mass is 367 g/mol. The van der Waals surface area contributed by atoms with Gasteiger partial charge < -0.3 is 4.74 Å². The van der Waals surface area contributed by atoms with Gasteiger partial charge in [-0.25, -0.2) is 9.07 Å². The third-order valence-electron chi connectivity index (χ3n) is 3.63. The highest BCUT2D eigenvalue weighted by Crippen LogP contribution is 2.40. The highest BCUT2D eigenvalue weighted by atomic mass is 19.4. The Morgan fingerprint density at radius 3 is 2.58 bits per heavy atom. The summed E-state index contributed by atoms with van der Waals surface area (Å²) in [5, 5.41) is 3.69. The number of fused-ring (bicyclic) bond motifs is 1. The molecule has 0 unspecified atom stereocenters. The van der Waals surface area contributed by atoms with E-state index in [1.54, 1.807) is 0 Å². The summed E-state index contributed by atoms with van der Waals surface area (Å²) >= 11 is 0. The summed E-state index contributed by atoms with van der Waals surface area (Å²) in [7, 11) is 1.40. The second-order valence-electron chi connectivity index (χ2n) is 5.65. The first-order valence-corrected chi connectivity index (χ1v) is 7.50. The highest BCUT2D eigenvalue weighted by Gasteiger charge is 2.36. The van der Waals surface area contributed by atoms with E-state index in [9.17, 15) is 22.4 Å². The van der Waals surface area contributed by atoms with E-state index in [-0.39, 0.29) is 34.0 Å². The summed E-state index contributed by atoms with van der Waals surface area (Å²) in [6, 6.07) is 6.11. The number of Topliss-reactive ketones (excluding diaryl/α,β-unsaturated/α-hetero) is 1. The van der Waals surface area contributed by atoms with Crippen molar-refractivity contribution in [3.63, 3.8) is 0 Å². The van der Waals surface area contributed by atoms with Crippen molar-refractivity contribution in [2.45, 2.75) is 13.1 Å². The number of aromatic nitrogens is 3. The van der Waals surface area contributed by atoms with Gasteiger partial charge in [0.25, 0.3) is 0 Å². The number of ether oxygens (including phenoxy) is 1. The summed E-state index contributed by atoms with van der Waals surface area (Å²) in [6.45, 7) is 0.831. The molecule has 9 heteroatoms. The second kappa shape index (κ2) is 6.40. The van der Waals surface area contributed by atoms with Crippen LogP contribution in [0, 0.1) is 5.82 Å². The molecule has 0 atom stereocenters. The minimum absolute atomic E-state index is 0.0668. The predicted molar refractivity (Wildman–Crippen MR) is 85.1 cm³/mol. The molecular weight excluding hydrogens is 354 g/mol. The number of carbonyl (C=O) groups is 1. The first-order valence-electron chi connectivity index (χ1n) is 7.50. The molecule has 0 radical (unpaired) electrons. The van der Waals surface area contributed by atoms with Crippen LogP contribution < -0.4 is 4.74 Å². The molecule has 0 aliphatic heterocycles. The van der Waals surface area contributed by atoms with Gasteiger partial charge in [0.15, 0.2) is 11.4 Å². The number of benzene rings is 1. The molecule has 0 N–H and O–H groups in total. The van der Waals surface area contributed by atoms with Crippen molar-refractivity contribution in [2.24, 2.45) is 7.05 Å². The van der Waals surface area contributed by atoms with Crippen LogP contribution in [0.3, 0.4) is 0 Å². The molecule has 5 nitrogen and oxygen atoms in total. The molecule has 3 rings (SSSR count). The van der Waals surface area contributed by atoms with Crippen LogP contribution in [0.25, 0.3) is 22.3 Å². The van der Waals surface area contributed by atoms with Crippen LogP contribution >= 0.6 is 0 Å². The van der Waals surface area contributed by atoms with E-state index in [4.69, 9.17) is 4.74 Å². The summed E-state index contributed by atoms with van der Waals surface area (Å²) in [5.74, 6) is -1.42. The van der Waals surface area contributed by atoms with Crippen molar-refractivity contribution in [2.75, 3.05) is 6.61 Å². The molecule has 2 heterocycles. The zero-order chi connectivity index (χ0) is 19.1. The SMILES string of the molecule is CC(=O)COc1cc(C(F)(F)F)c2c(-c3ccccc3F)nn(C)c2n1. The molecular formula is C17H13F4N3O2. The van der Waals surface area contributed by atoms with E-state index >= 15 is 0 Å². The van der Waals surface area contributed by atoms with Crippen LogP contribution in [0.5, 0.6) is 5.88 Å². The first-order chi connectivity index (χ1) is 12.2. The zero-order valence-electron chi connectivity index (χ0n) is 13.8. The fourth-order valence-corrected chi connectivity index (χ4v) is 2.54. The minimum atomic E-state index is -4.75. The molecule has 26 heavy (non-hydrogen) atoms. The minimum Gasteiger partial charge on any atom is -0.470 e. The Balaban J connectivity index is 2.30. The quantitative estimate of drug-likeness (QED) is 0.659. The van der Waals surface area contributed by atoms with Crippen LogP contribution in [0.4, 0.5) is 17.6 Å². The van der Waals surface area contributed by atoms with Gasteiger partial charge in [0.2, 0.25) is 5.88 Å². The Hall–Kier alpha value is -2.97. The Bertz CT molecular complexity index is 996. The van der Waals surface area contributed by atoms with Gasteiger partial charge in [-0.05, 0) is 19.1 Å². The standard InChI is InChI=1S/C17H13F4N3O2/c1-9(25)8-26-13-7-11(17(19,20)21)14-15(23-24(2)16(14)22-13)10-5-3-4-6-12(10)18/h3-7H,8H2,1-2H3. The van der Waals surface area contributed by atoms with Crippen molar-refractivity contribution >= 4 is 16.8 Å². The van der Waals surface area contributed by atoms with Crippen molar-refractivity contribution < 1.29 is 27.1 Å². The van der Waals surface area contributed by atoms with Crippen molar-refractivity contribution in [3.8, 4) is 17.1 Å². The van der Waals surface area contributed by atoms with Crippen LogP contribution in [-0.4, -0.2) is 27.2 Å². The number of alkyl halides is 3. The molecule has 0 amide bonds. The van der Waals surface area contributed by atoms with Gasteiger partial charge in [0.05, 0.1) is 10.9 Å². The lowest BCUT2D eigenvalue weighted by Crippen LogP contribution is -2.11. The van der Waals surface area contributed by atoms with Crippen LogP contribution in [0.1, 0.15) is 12.5 Å². The maximum absolute atomic E-state index is 14.1. The Morgan fingerprint density at radius 2 is 1.96 bits per heavy atom. The number of carbonyl (C=O) groups excluding carboxylic acids is 1. The molecule has 0 saturated carbocycles. The second-order valence-corrected chi connectivity index (χ2v) is 5.65. The van der Waals surface area contributed by atoms with Gasteiger partial charge in [-0.3, -0.25) is 4.79 Å². The number of hydrogen-bond acceptors (Lipinski definition) is 4. The van der Waals surface area contributed by atoms with Gasteiger partial charge >= 0.3 is 6.18 Å². The molecule has 0 aliphatic carbocycles. The van der Waals surface area contributed by atoms with E-state index < -0.39 is 24.2 Å². The number of nitrogens with zero attached hydrogens (tertiary/aromatic N) is 3. The molecule has 1 aromatic carbocycles.